The van der Waals surface area contributed by atoms with Crippen LogP contribution in [0.15, 0.2) is 48.5 Å². The molecule has 0 bridgehead atoms. The first-order valence-corrected chi connectivity index (χ1v) is 7.22. The summed E-state index contributed by atoms with van der Waals surface area (Å²) in [6.45, 7) is 0.173. The summed E-state index contributed by atoms with van der Waals surface area (Å²) >= 11 is 0. The van der Waals surface area contributed by atoms with Crippen molar-refractivity contribution in [3.8, 4) is 0 Å². The molecule has 0 aromatic heterocycles. The largest absolute Gasteiger partial charge is 0.480 e. The van der Waals surface area contributed by atoms with Crippen LogP contribution in [0.5, 0.6) is 0 Å². The first kappa shape index (κ1) is 14.9. The molecule has 118 valence electrons. The van der Waals surface area contributed by atoms with Crippen LogP contribution in [0.25, 0.3) is 0 Å². The predicted molar refractivity (Wildman–Crippen MR) is 85.4 cm³/mol. The number of carbonyl (C=O) groups is 2. The monoisotopic (exact) mass is 312 g/mol. The molecule has 1 aliphatic rings. The highest BCUT2D eigenvalue weighted by atomic mass is 16.5. The Bertz CT molecular complexity index is 731. The molecule has 2 aromatic carbocycles. The Morgan fingerprint density at radius 3 is 2.70 bits per heavy atom. The molecule has 1 aliphatic heterocycles. The number of benzene rings is 2. The third-order valence-corrected chi connectivity index (χ3v) is 3.64. The second kappa shape index (κ2) is 6.39. The van der Waals surface area contributed by atoms with Crippen molar-refractivity contribution in [2.24, 2.45) is 0 Å². The van der Waals surface area contributed by atoms with Crippen molar-refractivity contribution in [1.29, 1.82) is 0 Å². The predicted octanol–water partition coefficient (Wildman–Crippen LogP) is 2.86. The maximum atomic E-state index is 11.9. The molecular formula is C17H16N2O4. The number of hydrogen-bond acceptors (Lipinski definition) is 4. The minimum atomic E-state index is -0.918. The summed E-state index contributed by atoms with van der Waals surface area (Å²) in [5.74, 6) is -0.918. The lowest BCUT2D eigenvalue weighted by molar-refractivity contribution is -0.137. The van der Waals surface area contributed by atoms with Crippen molar-refractivity contribution in [1.82, 2.24) is 0 Å². The fourth-order valence-electron chi connectivity index (χ4n) is 2.51. The summed E-state index contributed by atoms with van der Waals surface area (Å²) in [5, 5.41) is 14.7. The van der Waals surface area contributed by atoms with Gasteiger partial charge >= 0.3 is 12.1 Å². The van der Waals surface area contributed by atoms with E-state index in [2.05, 4.69) is 10.6 Å². The van der Waals surface area contributed by atoms with Crippen LogP contribution in [0, 0.1) is 0 Å². The Balaban J connectivity index is 1.64. The molecule has 3 rings (SSSR count). The van der Waals surface area contributed by atoms with E-state index in [1.54, 1.807) is 12.1 Å². The number of para-hydroxylation sites is 1. The maximum absolute atomic E-state index is 11.9. The number of carbonyl (C=O) groups excluding carboxylic acids is 1. The number of fused-ring (bicyclic) bond motifs is 1. The van der Waals surface area contributed by atoms with Crippen LogP contribution in [0.3, 0.4) is 0 Å². The Kier molecular flexibility index (Phi) is 4.14. The molecule has 1 amide bonds. The summed E-state index contributed by atoms with van der Waals surface area (Å²) < 4.78 is 5.17. The lowest BCUT2D eigenvalue weighted by Crippen LogP contribution is -2.26. The van der Waals surface area contributed by atoms with E-state index in [9.17, 15) is 9.59 Å². The number of rotatable bonds is 4. The highest BCUT2D eigenvalue weighted by molar-refractivity contribution is 5.93. The van der Waals surface area contributed by atoms with Gasteiger partial charge in [-0.2, -0.15) is 0 Å². The zero-order valence-corrected chi connectivity index (χ0v) is 12.3. The van der Waals surface area contributed by atoms with Crippen LogP contribution < -0.4 is 10.6 Å². The molecule has 2 aromatic rings. The molecule has 6 heteroatoms. The van der Waals surface area contributed by atoms with Crippen LogP contribution in [-0.4, -0.2) is 23.2 Å². The smallest absolute Gasteiger partial charge is 0.412 e. The molecule has 0 saturated heterocycles. The van der Waals surface area contributed by atoms with Crippen LogP contribution >= 0.6 is 0 Å². The van der Waals surface area contributed by atoms with E-state index in [1.165, 1.54) is 0 Å². The summed E-state index contributed by atoms with van der Waals surface area (Å²) in [5.41, 5.74) is 2.91. The summed E-state index contributed by atoms with van der Waals surface area (Å²) in [6.07, 6.45) is -0.193. The van der Waals surface area contributed by atoms with Crippen LogP contribution in [-0.2, 0) is 22.6 Å². The van der Waals surface area contributed by atoms with E-state index in [1.807, 2.05) is 36.4 Å². The number of carboxylic acids is 1. The highest BCUT2D eigenvalue weighted by Gasteiger charge is 2.28. The van der Waals surface area contributed by atoms with Crippen molar-refractivity contribution >= 4 is 23.4 Å². The van der Waals surface area contributed by atoms with Crippen molar-refractivity contribution in [3.05, 3.63) is 59.7 Å². The van der Waals surface area contributed by atoms with Gasteiger partial charge < -0.3 is 15.2 Å². The fourth-order valence-corrected chi connectivity index (χ4v) is 2.51. The molecular weight excluding hydrogens is 296 g/mol. The Morgan fingerprint density at radius 1 is 1.17 bits per heavy atom. The molecule has 1 heterocycles. The number of nitrogens with one attached hydrogen (secondary N) is 2. The number of carboxylic acid groups (broad SMARTS) is 1. The van der Waals surface area contributed by atoms with E-state index in [-0.39, 0.29) is 6.61 Å². The molecule has 0 saturated carbocycles. The van der Waals surface area contributed by atoms with Gasteiger partial charge in [0.15, 0.2) is 0 Å². The van der Waals surface area contributed by atoms with Crippen molar-refractivity contribution in [2.45, 2.75) is 19.1 Å². The number of ether oxygens (including phenoxy) is 1. The SMILES string of the molecule is O=C(Nc1cccc2c1NC(C(=O)O)C2)OCc1ccccc1. The molecule has 3 N–H and O–H groups in total. The van der Waals surface area contributed by atoms with E-state index in [0.717, 1.165) is 11.1 Å². The highest BCUT2D eigenvalue weighted by Crippen LogP contribution is 2.33. The molecule has 1 atom stereocenters. The first-order chi connectivity index (χ1) is 11.1. The van der Waals surface area contributed by atoms with Gasteiger partial charge in [0, 0.05) is 6.42 Å². The maximum Gasteiger partial charge on any atom is 0.412 e. The molecule has 1 unspecified atom stereocenters. The zero-order valence-electron chi connectivity index (χ0n) is 12.3. The lowest BCUT2D eigenvalue weighted by Gasteiger charge is -2.12. The zero-order chi connectivity index (χ0) is 16.2. The van der Waals surface area contributed by atoms with Gasteiger partial charge in [0.25, 0.3) is 0 Å². The lowest BCUT2D eigenvalue weighted by atomic mass is 10.1. The number of amides is 1. The third kappa shape index (κ3) is 3.42. The second-order valence-electron chi connectivity index (χ2n) is 5.27. The van der Waals surface area contributed by atoms with E-state index >= 15 is 0 Å². The summed E-state index contributed by atoms with van der Waals surface area (Å²) in [7, 11) is 0. The van der Waals surface area contributed by atoms with Gasteiger partial charge in [-0.3, -0.25) is 5.32 Å². The average Bonchev–Trinajstić information content (AvgIpc) is 3.00. The van der Waals surface area contributed by atoms with Crippen molar-refractivity contribution in [2.75, 3.05) is 10.6 Å². The number of anilines is 2. The van der Waals surface area contributed by atoms with Gasteiger partial charge in [-0.15, -0.1) is 0 Å². The molecule has 0 radical (unpaired) electrons. The van der Waals surface area contributed by atoms with Gasteiger partial charge in [-0.25, -0.2) is 9.59 Å². The molecule has 0 aliphatic carbocycles. The van der Waals surface area contributed by atoms with Gasteiger partial charge in [0.05, 0.1) is 11.4 Å². The topological polar surface area (TPSA) is 87.7 Å². The normalized spacial score (nSPS) is 15.4. The molecule has 23 heavy (non-hydrogen) atoms. The van der Waals surface area contributed by atoms with E-state index in [4.69, 9.17) is 9.84 Å². The minimum Gasteiger partial charge on any atom is -0.480 e. The Hall–Kier alpha value is -3.02. The third-order valence-electron chi connectivity index (χ3n) is 3.64. The fraction of sp³-hybridized carbons (Fsp3) is 0.176. The quantitative estimate of drug-likeness (QED) is 0.808. The molecule has 0 fully saturated rings. The van der Waals surface area contributed by atoms with Gasteiger partial charge in [0.2, 0.25) is 0 Å². The number of hydrogen-bond donors (Lipinski definition) is 3. The summed E-state index contributed by atoms with van der Waals surface area (Å²) in [4.78, 5) is 23.0. The minimum absolute atomic E-state index is 0.173. The van der Waals surface area contributed by atoms with Crippen LogP contribution in [0.2, 0.25) is 0 Å². The molecule has 6 nitrogen and oxygen atoms in total. The van der Waals surface area contributed by atoms with Gasteiger partial charge in [-0.05, 0) is 17.2 Å². The number of aliphatic carboxylic acids is 1. The summed E-state index contributed by atoms with van der Waals surface area (Å²) in [6, 6.07) is 14.0. The molecule has 0 spiro atoms. The van der Waals surface area contributed by atoms with Crippen molar-refractivity contribution < 1.29 is 19.4 Å². The second-order valence-corrected chi connectivity index (χ2v) is 5.27. The van der Waals surface area contributed by atoms with Gasteiger partial charge in [0.1, 0.15) is 12.6 Å². The Morgan fingerprint density at radius 2 is 1.96 bits per heavy atom. The van der Waals surface area contributed by atoms with Crippen LogP contribution in [0.1, 0.15) is 11.1 Å². The Labute approximate surface area is 133 Å². The van der Waals surface area contributed by atoms with E-state index in [0.29, 0.717) is 17.8 Å². The first-order valence-electron chi connectivity index (χ1n) is 7.22. The average molecular weight is 312 g/mol. The van der Waals surface area contributed by atoms with Gasteiger partial charge in [-0.1, -0.05) is 42.5 Å². The van der Waals surface area contributed by atoms with E-state index < -0.39 is 18.1 Å². The standard InChI is InChI=1S/C17H16N2O4/c20-16(21)14-9-12-7-4-8-13(15(12)18-14)19-17(22)23-10-11-5-2-1-3-6-11/h1-8,14,18H,9-10H2,(H,19,22)(H,20,21). The van der Waals surface area contributed by atoms with Crippen LogP contribution in [0.4, 0.5) is 16.2 Å². The van der Waals surface area contributed by atoms with Crippen molar-refractivity contribution in [3.63, 3.8) is 0 Å².